The number of nitrogens with zero attached hydrogens (tertiary/aromatic N) is 2. The predicted octanol–water partition coefficient (Wildman–Crippen LogP) is 4.28. The molecule has 156 valence electrons. The molecule has 3 aromatic rings. The molecule has 0 spiro atoms. The lowest BCUT2D eigenvalue weighted by atomic mass is 10.0. The Morgan fingerprint density at radius 2 is 1.93 bits per heavy atom. The second-order valence-corrected chi connectivity index (χ2v) is 7.66. The maximum absolute atomic E-state index is 13.1. The maximum atomic E-state index is 13.1. The summed E-state index contributed by atoms with van der Waals surface area (Å²) in [6, 6.07) is 13.3. The third-order valence-electron chi connectivity index (χ3n) is 5.28. The molecule has 1 amide bonds. The molecule has 2 heterocycles. The van der Waals surface area contributed by atoms with Gasteiger partial charge in [0.15, 0.2) is 5.82 Å². The molecule has 0 saturated carbocycles. The Bertz CT molecular complexity index is 1030. The number of carbonyl (C=O) groups is 1. The van der Waals surface area contributed by atoms with Crippen LogP contribution in [0, 0.1) is 5.82 Å². The van der Waals surface area contributed by atoms with E-state index in [1.807, 2.05) is 6.07 Å². The van der Waals surface area contributed by atoms with Crippen LogP contribution in [0.3, 0.4) is 0 Å². The summed E-state index contributed by atoms with van der Waals surface area (Å²) in [6.07, 6.45) is 1.61. The average Bonchev–Trinajstić information content (AvgIpc) is 3.25. The Hall–Kier alpha value is -3.06. The van der Waals surface area contributed by atoms with Crippen molar-refractivity contribution in [3.63, 3.8) is 0 Å². The topological polar surface area (TPSA) is 70.2 Å². The highest BCUT2D eigenvalue weighted by molar-refractivity contribution is 6.30. The number of rotatable bonds is 5. The smallest absolute Gasteiger partial charge is 0.255 e. The standard InChI is InChI=1S/C22H22ClFN4O2/c1-30-20-12-15(23)4-7-18(20)22(29)25-17-8-10-28(11-9-17)21-13-19(26-27-21)14-2-5-16(24)6-3-14/h2-7,12-13,17H,8-11H2,1H3,(H,25,29)(H,26,27). The summed E-state index contributed by atoms with van der Waals surface area (Å²) in [7, 11) is 1.52. The molecular formula is C22H22ClFN4O2. The summed E-state index contributed by atoms with van der Waals surface area (Å²) in [4.78, 5) is 14.8. The Morgan fingerprint density at radius 1 is 1.20 bits per heavy atom. The number of hydrogen-bond donors (Lipinski definition) is 2. The van der Waals surface area contributed by atoms with E-state index in [1.165, 1.54) is 19.2 Å². The van der Waals surface area contributed by atoms with Gasteiger partial charge in [-0.05, 0) is 60.9 Å². The van der Waals surface area contributed by atoms with Crippen molar-refractivity contribution in [2.45, 2.75) is 18.9 Å². The molecule has 4 rings (SSSR count). The van der Waals surface area contributed by atoms with Gasteiger partial charge in [-0.3, -0.25) is 9.89 Å². The number of H-pyrrole nitrogens is 1. The number of halogens is 2. The van der Waals surface area contributed by atoms with Crippen LogP contribution in [0.2, 0.25) is 5.02 Å². The van der Waals surface area contributed by atoms with Gasteiger partial charge in [-0.15, -0.1) is 0 Å². The molecule has 1 fully saturated rings. The normalized spacial score (nSPS) is 14.6. The molecule has 0 unspecified atom stereocenters. The van der Waals surface area contributed by atoms with Gasteiger partial charge in [-0.1, -0.05) is 11.6 Å². The number of amides is 1. The highest BCUT2D eigenvalue weighted by atomic mass is 35.5. The average molecular weight is 429 g/mol. The van der Waals surface area contributed by atoms with E-state index < -0.39 is 0 Å². The highest BCUT2D eigenvalue weighted by Gasteiger charge is 2.24. The number of carbonyl (C=O) groups excluding carboxylic acids is 1. The Morgan fingerprint density at radius 3 is 2.63 bits per heavy atom. The number of ether oxygens (including phenoxy) is 1. The van der Waals surface area contributed by atoms with Crippen LogP contribution in [0.25, 0.3) is 11.3 Å². The van der Waals surface area contributed by atoms with Gasteiger partial charge >= 0.3 is 0 Å². The van der Waals surface area contributed by atoms with Crippen molar-refractivity contribution >= 4 is 23.3 Å². The molecule has 0 aliphatic carbocycles. The van der Waals surface area contributed by atoms with Crippen LogP contribution >= 0.6 is 11.6 Å². The number of aromatic amines is 1. The van der Waals surface area contributed by atoms with E-state index in [4.69, 9.17) is 16.3 Å². The summed E-state index contributed by atoms with van der Waals surface area (Å²) in [5.41, 5.74) is 2.20. The van der Waals surface area contributed by atoms with Gasteiger partial charge in [-0.2, -0.15) is 5.10 Å². The molecule has 0 atom stereocenters. The SMILES string of the molecule is COc1cc(Cl)ccc1C(=O)NC1CCN(c2cc(-c3ccc(F)cc3)[nH]n2)CC1. The molecule has 1 aliphatic heterocycles. The van der Waals surface area contributed by atoms with E-state index in [1.54, 1.807) is 30.3 Å². The van der Waals surface area contributed by atoms with Crippen LogP contribution in [-0.2, 0) is 0 Å². The van der Waals surface area contributed by atoms with Crippen LogP contribution in [0.4, 0.5) is 10.2 Å². The first-order valence-electron chi connectivity index (χ1n) is 9.74. The second-order valence-electron chi connectivity index (χ2n) is 7.23. The zero-order valence-corrected chi connectivity index (χ0v) is 17.2. The van der Waals surface area contributed by atoms with E-state index in [0.717, 1.165) is 43.0 Å². The third kappa shape index (κ3) is 4.41. The Kier molecular flexibility index (Phi) is 5.90. The van der Waals surface area contributed by atoms with Crippen LogP contribution in [0.5, 0.6) is 5.75 Å². The lowest BCUT2D eigenvalue weighted by molar-refractivity contribution is 0.0928. The lowest BCUT2D eigenvalue weighted by Crippen LogP contribution is -2.44. The van der Waals surface area contributed by atoms with E-state index in [-0.39, 0.29) is 17.8 Å². The molecular weight excluding hydrogens is 407 g/mol. The molecule has 1 aliphatic rings. The van der Waals surface area contributed by atoms with Crippen molar-refractivity contribution in [2.24, 2.45) is 0 Å². The van der Waals surface area contributed by atoms with Gasteiger partial charge in [0.25, 0.3) is 5.91 Å². The van der Waals surface area contributed by atoms with Crippen molar-refractivity contribution in [1.29, 1.82) is 0 Å². The number of aromatic nitrogens is 2. The minimum absolute atomic E-state index is 0.0737. The number of methoxy groups -OCH3 is 1. The summed E-state index contributed by atoms with van der Waals surface area (Å²) >= 11 is 5.97. The van der Waals surface area contributed by atoms with E-state index >= 15 is 0 Å². The lowest BCUT2D eigenvalue weighted by Gasteiger charge is -2.32. The molecule has 1 saturated heterocycles. The molecule has 0 bridgehead atoms. The van der Waals surface area contributed by atoms with Crippen molar-refractivity contribution in [1.82, 2.24) is 15.5 Å². The molecule has 0 radical (unpaired) electrons. The van der Waals surface area contributed by atoms with E-state index in [0.29, 0.717) is 16.3 Å². The fraction of sp³-hybridized carbons (Fsp3) is 0.273. The van der Waals surface area contributed by atoms with Gasteiger partial charge < -0.3 is 15.0 Å². The zero-order chi connectivity index (χ0) is 21.1. The number of benzene rings is 2. The minimum Gasteiger partial charge on any atom is -0.496 e. The van der Waals surface area contributed by atoms with Crippen molar-refractivity contribution in [3.05, 3.63) is 64.9 Å². The largest absolute Gasteiger partial charge is 0.496 e. The van der Waals surface area contributed by atoms with Crippen LogP contribution in [0.1, 0.15) is 23.2 Å². The monoisotopic (exact) mass is 428 g/mol. The number of piperidine rings is 1. The second kappa shape index (κ2) is 8.75. The van der Waals surface area contributed by atoms with Crippen LogP contribution in [-0.4, -0.2) is 42.3 Å². The van der Waals surface area contributed by atoms with Crippen molar-refractivity contribution in [3.8, 4) is 17.0 Å². The number of anilines is 1. The summed E-state index contributed by atoms with van der Waals surface area (Å²) in [6.45, 7) is 1.55. The summed E-state index contributed by atoms with van der Waals surface area (Å²) in [5, 5.41) is 11.0. The zero-order valence-electron chi connectivity index (χ0n) is 16.5. The highest BCUT2D eigenvalue weighted by Crippen LogP contribution is 2.26. The van der Waals surface area contributed by atoms with E-state index in [2.05, 4.69) is 20.4 Å². The molecule has 8 heteroatoms. The first kappa shape index (κ1) is 20.2. The molecule has 1 aromatic heterocycles. The third-order valence-corrected chi connectivity index (χ3v) is 5.52. The fourth-order valence-electron chi connectivity index (χ4n) is 3.62. The first-order valence-corrected chi connectivity index (χ1v) is 10.1. The summed E-state index contributed by atoms with van der Waals surface area (Å²) in [5.74, 6) is 0.875. The van der Waals surface area contributed by atoms with Gasteiger partial charge in [0.1, 0.15) is 11.6 Å². The quantitative estimate of drug-likeness (QED) is 0.636. The number of nitrogens with one attached hydrogen (secondary N) is 2. The maximum Gasteiger partial charge on any atom is 0.255 e. The van der Waals surface area contributed by atoms with Gasteiger partial charge in [0.2, 0.25) is 0 Å². The fourth-order valence-corrected chi connectivity index (χ4v) is 3.78. The Labute approximate surface area is 179 Å². The van der Waals surface area contributed by atoms with Crippen LogP contribution < -0.4 is 15.0 Å². The number of hydrogen-bond acceptors (Lipinski definition) is 4. The Balaban J connectivity index is 1.35. The first-order chi connectivity index (χ1) is 14.5. The van der Waals surface area contributed by atoms with Gasteiger partial charge in [0, 0.05) is 30.2 Å². The van der Waals surface area contributed by atoms with Gasteiger partial charge in [-0.25, -0.2) is 4.39 Å². The molecule has 2 aromatic carbocycles. The summed E-state index contributed by atoms with van der Waals surface area (Å²) < 4.78 is 18.4. The van der Waals surface area contributed by atoms with Crippen molar-refractivity contribution < 1.29 is 13.9 Å². The van der Waals surface area contributed by atoms with E-state index in [9.17, 15) is 9.18 Å². The molecule has 30 heavy (non-hydrogen) atoms. The molecule has 2 N–H and O–H groups in total. The predicted molar refractivity (Wildman–Crippen MR) is 115 cm³/mol. The minimum atomic E-state index is -0.265. The van der Waals surface area contributed by atoms with Crippen molar-refractivity contribution in [2.75, 3.05) is 25.1 Å². The molecule has 6 nitrogen and oxygen atoms in total. The van der Waals surface area contributed by atoms with Gasteiger partial charge in [0.05, 0.1) is 18.4 Å². The van der Waals surface area contributed by atoms with Crippen LogP contribution in [0.15, 0.2) is 48.5 Å².